The molecule has 0 bridgehead atoms. The first-order valence-corrected chi connectivity index (χ1v) is 7.56. The minimum atomic E-state index is -4.45. The first-order valence-electron chi connectivity index (χ1n) is 7.56. The van der Waals surface area contributed by atoms with E-state index in [2.05, 4.69) is 5.10 Å². The molecule has 0 spiro atoms. The molecule has 2 rings (SSSR count). The van der Waals surface area contributed by atoms with Crippen LogP contribution in [0.25, 0.3) is 5.65 Å². The molecule has 0 aromatic carbocycles. The molecule has 2 heterocycles. The van der Waals surface area contributed by atoms with E-state index in [9.17, 15) is 22.8 Å². The normalized spacial score (nSPS) is 12.1. The molecule has 0 fully saturated rings. The highest BCUT2D eigenvalue weighted by Gasteiger charge is 2.33. The number of hydrogen-bond donors (Lipinski definition) is 0. The van der Waals surface area contributed by atoms with Gasteiger partial charge in [-0.1, -0.05) is 19.9 Å². The highest BCUT2D eigenvalue weighted by atomic mass is 19.4. The number of fused-ring (bicyclic) bond motifs is 1. The van der Waals surface area contributed by atoms with Crippen LogP contribution in [0.4, 0.5) is 13.2 Å². The average Bonchev–Trinajstić information content (AvgIpc) is 2.79. The predicted molar refractivity (Wildman–Crippen MR) is 81.5 cm³/mol. The Morgan fingerprint density at radius 1 is 1.33 bits per heavy atom. The van der Waals surface area contributed by atoms with Crippen LogP contribution in [-0.4, -0.2) is 44.3 Å². The van der Waals surface area contributed by atoms with E-state index in [0.29, 0.717) is 5.65 Å². The summed E-state index contributed by atoms with van der Waals surface area (Å²) in [6.07, 6.45) is -3.13. The van der Waals surface area contributed by atoms with Gasteiger partial charge in [-0.3, -0.25) is 9.20 Å². The van der Waals surface area contributed by atoms with Crippen LogP contribution in [0, 0.1) is 5.92 Å². The van der Waals surface area contributed by atoms with Gasteiger partial charge in [0.15, 0.2) is 5.65 Å². The van der Waals surface area contributed by atoms with Gasteiger partial charge in [0.25, 0.3) is 0 Å². The van der Waals surface area contributed by atoms with Crippen molar-refractivity contribution < 1.29 is 18.0 Å². The van der Waals surface area contributed by atoms with Crippen molar-refractivity contribution in [3.05, 3.63) is 34.9 Å². The number of aromatic nitrogens is 3. The lowest BCUT2D eigenvalue weighted by molar-refractivity contribution is -0.162. The third-order valence-corrected chi connectivity index (χ3v) is 3.33. The predicted octanol–water partition coefficient (Wildman–Crippen LogP) is 1.93. The van der Waals surface area contributed by atoms with E-state index in [-0.39, 0.29) is 25.4 Å². The number of hydrogen-bond acceptors (Lipinski definition) is 3. The van der Waals surface area contributed by atoms with Gasteiger partial charge in [0, 0.05) is 19.2 Å². The summed E-state index contributed by atoms with van der Waals surface area (Å²) in [5.41, 5.74) is -0.00564. The lowest BCUT2D eigenvalue weighted by atomic mass is 10.2. The Bertz CT molecular complexity index is 764. The minimum Gasteiger partial charge on any atom is -0.333 e. The summed E-state index contributed by atoms with van der Waals surface area (Å²) < 4.78 is 40.3. The van der Waals surface area contributed by atoms with Crippen molar-refractivity contribution in [1.29, 1.82) is 0 Å². The standard InChI is InChI=1S/C15H19F3N4O2/c1-11(2)9-20(10-15(16,17)18)13(23)6-8-22-14(24)21-7-4-3-5-12(21)19-22/h3-5,7,11H,6,8-10H2,1-2H3. The van der Waals surface area contributed by atoms with Crippen LogP contribution in [-0.2, 0) is 11.3 Å². The number of alkyl halides is 3. The van der Waals surface area contributed by atoms with Crippen LogP contribution in [0.3, 0.4) is 0 Å². The third-order valence-electron chi connectivity index (χ3n) is 3.33. The van der Waals surface area contributed by atoms with Crippen molar-refractivity contribution in [3.63, 3.8) is 0 Å². The summed E-state index contributed by atoms with van der Waals surface area (Å²) >= 11 is 0. The number of pyridine rings is 1. The fourth-order valence-electron chi connectivity index (χ4n) is 2.39. The Morgan fingerprint density at radius 3 is 2.62 bits per heavy atom. The molecule has 0 unspecified atom stereocenters. The maximum Gasteiger partial charge on any atom is 0.406 e. The van der Waals surface area contributed by atoms with Crippen molar-refractivity contribution in [2.75, 3.05) is 13.1 Å². The number of aryl methyl sites for hydroxylation is 1. The van der Waals surface area contributed by atoms with Gasteiger partial charge in [-0.15, -0.1) is 5.10 Å². The summed E-state index contributed by atoms with van der Waals surface area (Å²) in [5.74, 6) is -0.737. The van der Waals surface area contributed by atoms with E-state index in [0.717, 1.165) is 9.58 Å². The number of amides is 1. The quantitative estimate of drug-likeness (QED) is 0.805. The van der Waals surface area contributed by atoms with Crippen LogP contribution < -0.4 is 5.69 Å². The molecule has 2 aromatic rings. The van der Waals surface area contributed by atoms with E-state index in [1.165, 1.54) is 10.6 Å². The molecule has 2 aromatic heterocycles. The molecular weight excluding hydrogens is 325 g/mol. The van der Waals surface area contributed by atoms with Gasteiger partial charge in [0.1, 0.15) is 6.54 Å². The Kier molecular flexibility index (Phi) is 5.30. The summed E-state index contributed by atoms with van der Waals surface area (Å²) in [6, 6.07) is 5.01. The smallest absolute Gasteiger partial charge is 0.333 e. The zero-order chi connectivity index (χ0) is 17.9. The summed E-state index contributed by atoms with van der Waals surface area (Å²) in [6.45, 7) is 2.14. The number of carbonyl (C=O) groups excluding carboxylic acids is 1. The third kappa shape index (κ3) is 4.59. The first kappa shape index (κ1) is 18.0. The highest BCUT2D eigenvalue weighted by Crippen LogP contribution is 2.18. The van der Waals surface area contributed by atoms with Crippen LogP contribution in [0.1, 0.15) is 20.3 Å². The molecule has 0 aliphatic rings. The van der Waals surface area contributed by atoms with Crippen LogP contribution in [0.5, 0.6) is 0 Å². The van der Waals surface area contributed by atoms with E-state index < -0.39 is 24.3 Å². The van der Waals surface area contributed by atoms with Crippen LogP contribution in [0.2, 0.25) is 0 Å². The fourth-order valence-corrected chi connectivity index (χ4v) is 2.39. The molecule has 0 radical (unpaired) electrons. The molecule has 6 nitrogen and oxygen atoms in total. The molecule has 9 heteroatoms. The Morgan fingerprint density at radius 2 is 2.04 bits per heavy atom. The summed E-state index contributed by atoms with van der Waals surface area (Å²) in [7, 11) is 0. The number of carbonyl (C=O) groups is 1. The van der Waals surface area contributed by atoms with Crippen molar-refractivity contribution >= 4 is 11.6 Å². The second kappa shape index (κ2) is 7.06. The molecule has 24 heavy (non-hydrogen) atoms. The molecule has 0 atom stereocenters. The lowest BCUT2D eigenvalue weighted by Crippen LogP contribution is -2.41. The van der Waals surface area contributed by atoms with Crippen LogP contribution >= 0.6 is 0 Å². The van der Waals surface area contributed by atoms with Gasteiger partial charge >= 0.3 is 11.9 Å². The Labute approximate surface area is 136 Å². The zero-order valence-electron chi connectivity index (χ0n) is 13.5. The number of rotatable bonds is 6. The molecule has 0 aliphatic carbocycles. The largest absolute Gasteiger partial charge is 0.406 e. The van der Waals surface area contributed by atoms with Gasteiger partial charge in [-0.25, -0.2) is 9.48 Å². The molecule has 0 aliphatic heterocycles. The maximum absolute atomic E-state index is 12.6. The number of halogens is 3. The highest BCUT2D eigenvalue weighted by molar-refractivity contribution is 5.76. The maximum atomic E-state index is 12.6. The Balaban J connectivity index is 2.08. The second-order valence-corrected chi connectivity index (χ2v) is 5.97. The van der Waals surface area contributed by atoms with Crippen molar-refractivity contribution in [3.8, 4) is 0 Å². The lowest BCUT2D eigenvalue weighted by Gasteiger charge is -2.25. The van der Waals surface area contributed by atoms with Crippen molar-refractivity contribution in [2.24, 2.45) is 5.92 Å². The molecule has 0 saturated heterocycles. The SMILES string of the molecule is CC(C)CN(CC(F)(F)F)C(=O)CCn1nc2ccccn2c1=O. The van der Waals surface area contributed by atoms with Gasteiger partial charge in [-0.05, 0) is 18.1 Å². The molecule has 0 saturated carbocycles. The van der Waals surface area contributed by atoms with Gasteiger partial charge in [0.05, 0.1) is 6.54 Å². The van der Waals surface area contributed by atoms with Crippen molar-refractivity contribution in [1.82, 2.24) is 19.1 Å². The molecule has 132 valence electrons. The van der Waals surface area contributed by atoms with Gasteiger partial charge in [0.2, 0.25) is 5.91 Å². The van der Waals surface area contributed by atoms with E-state index in [1.54, 1.807) is 32.0 Å². The average molecular weight is 344 g/mol. The molecule has 1 amide bonds. The van der Waals surface area contributed by atoms with E-state index in [4.69, 9.17) is 0 Å². The summed E-state index contributed by atoms with van der Waals surface area (Å²) in [4.78, 5) is 25.0. The number of nitrogens with zero attached hydrogens (tertiary/aromatic N) is 4. The molecule has 0 N–H and O–H groups in total. The summed E-state index contributed by atoms with van der Waals surface area (Å²) in [5, 5.41) is 4.05. The van der Waals surface area contributed by atoms with E-state index in [1.807, 2.05) is 0 Å². The fraction of sp³-hybridized carbons (Fsp3) is 0.533. The van der Waals surface area contributed by atoms with Crippen molar-refractivity contribution in [2.45, 2.75) is 33.0 Å². The van der Waals surface area contributed by atoms with Crippen LogP contribution in [0.15, 0.2) is 29.2 Å². The van der Waals surface area contributed by atoms with Gasteiger partial charge < -0.3 is 4.90 Å². The van der Waals surface area contributed by atoms with E-state index >= 15 is 0 Å². The second-order valence-electron chi connectivity index (χ2n) is 5.97. The first-order chi connectivity index (χ1) is 11.2. The minimum absolute atomic E-state index is 0.0123. The monoisotopic (exact) mass is 344 g/mol. The topological polar surface area (TPSA) is 59.6 Å². The van der Waals surface area contributed by atoms with Gasteiger partial charge in [-0.2, -0.15) is 13.2 Å². The zero-order valence-corrected chi connectivity index (χ0v) is 13.5. The molecular formula is C15H19F3N4O2. The Hall–Kier alpha value is -2.32.